The smallest absolute Gasteiger partial charge is 0.228 e. The maximum Gasteiger partial charge on any atom is 0.228 e. The lowest BCUT2D eigenvalue weighted by molar-refractivity contribution is -0.137. The van der Waals surface area contributed by atoms with Crippen LogP contribution in [0.25, 0.3) is 0 Å². The van der Waals surface area contributed by atoms with E-state index in [0.29, 0.717) is 5.91 Å². The molecule has 3 heteroatoms. The molecular weight excluding hydrogens is 200 g/mol. The van der Waals surface area contributed by atoms with E-state index in [0.717, 1.165) is 45.4 Å². The molecular formula is C13H26N2O. The van der Waals surface area contributed by atoms with Crippen LogP contribution in [0, 0.1) is 5.41 Å². The van der Waals surface area contributed by atoms with Crippen LogP contribution < -0.4 is 0 Å². The van der Waals surface area contributed by atoms with E-state index >= 15 is 0 Å². The Hall–Kier alpha value is -0.570. The van der Waals surface area contributed by atoms with Crippen molar-refractivity contribution in [2.45, 2.75) is 40.0 Å². The molecule has 2 fully saturated rings. The number of piperidine rings is 1. The molecule has 94 valence electrons. The topological polar surface area (TPSA) is 23.6 Å². The molecule has 2 saturated heterocycles. The fraction of sp³-hybridized carbons (Fsp3) is 0.923. The number of carbonyl (C=O) groups excluding carboxylic acids is 1. The molecule has 0 aromatic heterocycles. The van der Waals surface area contributed by atoms with Crippen LogP contribution in [0.1, 0.15) is 40.0 Å². The molecule has 0 saturated carbocycles. The van der Waals surface area contributed by atoms with Gasteiger partial charge in [0.25, 0.3) is 0 Å². The zero-order chi connectivity index (χ0) is 12.2. The molecule has 0 aromatic carbocycles. The second-order valence-corrected chi connectivity index (χ2v) is 4.69. The molecule has 16 heavy (non-hydrogen) atoms. The van der Waals surface area contributed by atoms with Gasteiger partial charge in [-0.2, -0.15) is 0 Å². The highest BCUT2D eigenvalue weighted by Gasteiger charge is 2.46. The van der Waals surface area contributed by atoms with Gasteiger partial charge in [-0.25, -0.2) is 0 Å². The van der Waals surface area contributed by atoms with E-state index in [-0.39, 0.29) is 5.41 Å². The average molecular weight is 226 g/mol. The maximum atomic E-state index is 12.0. The molecule has 0 unspecified atom stereocenters. The quantitative estimate of drug-likeness (QED) is 0.682. The third-order valence-electron chi connectivity index (χ3n) is 3.99. The van der Waals surface area contributed by atoms with Crippen LogP contribution in [0.3, 0.4) is 0 Å². The lowest BCUT2D eigenvalue weighted by Gasteiger charge is -2.37. The third-order valence-corrected chi connectivity index (χ3v) is 3.99. The van der Waals surface area contributed by atoms with Crippen LogP contribution in [-0.2, 0) is 4.79 Å². The minimum Gasteiger partial charge on any atom is -0.345 e. The zero-order valence-electron chi connectivity index (χ0n) is 11.3. The highest BCUT2D eigenvalue weighted by Crippen LogP contribution is 2.40. The molecule has 0 aromatic rings. The van der Waals surface area contributed by atoms with Crippen molar-refractivity contribution in [1.29, 1.82) is 0 Å². The van der Waals surface area contributed by atoms with Crippen LogP contribution in [0.5, 0.6) is 0 Å². The summed E-state index contributed by atoms with van der Waals surface area (Å²) in [5.41, 5.74) is 0.0282. The van der Waals surface area contributed by atoms with Crippen molar-refractivity contribution < 1.29 is 4.79 Å². The van der Waals surface area contributed by atoms with Crippen molar-refractivity contribution in [3.8, 4) is 0 Å². The molecule has 2 aliphatic heterocycles. The van der Waals surface area contributed by atoms with E-state index in [2.05, 4.69) is 11.8 Å². The van der Waals surface area contributed by atoms with Crippen molar-refractivity contribution in [3.63, 3.8) is 0 Å². The highest BCUT2D eigenvalue weighted by molar-refractivity contribution is 5.84. The molecule has 0 radical (unpaired) electrons. The first-order chi connectivity index (χ1) is 7.68. The Bertz CT molecular complexity index is 232. The van der Waals surface area contributed by atoms with Crippen molar-refractivity contribution in [2.24, 2.45) is 5.41 Å². The summed E-state index contributed by atoms with van der Waals surface area (Å²) < 4.78 is 0. The Morgan fingerprint density at radius 1 is 1.12 bits per heavy atom. The molecule has 3 nitrogen and oxygen atoms in total. The van der Waals surface area contributed by atoms with Crippen molar-refractivity contribution >= 4 is 5.91 Å². The minimum atomic E-state index is 0.0282. The van der Waals surface area contributed by atoms with Crippen LogP contribution >= 0.6 is 0 Å². The first-order valence-electron chi connectivity index (χ1n) is 6.66. The molecule has 0 atom stereocenters. The summed E-state index contributed by atoms with van der Waals surface area (Å²) in [6.07, 6.45) is 3.23. The van der Waals surface area contributed by atoms with Crippen molar-refractivity contribution in [3.05, 3.63) is 0 Å². The second kappa shape index (κ2) is 5.67. The molecule has 0 aliphatic carbocycles. The van der Waals surface area contributed by atoms with Gasteiger partial charge in [-0.3, -0.25) is 4.79 Å². The average Bonchev–Trinajstić information content (AvgIpc) is 2.62. The standard InChI is InChI=1S/C11H20N2O.C2H6/c1-3-13-8-5-11(6-9-13)4-7-12(2)10(11)14;1-2/h3-9H2,1-2H3;1-2H3. The largest absolute Gasteiger partial charge is 0.345 e. The van der Waals surface area contributed by atoms with E-state index in [1.54, 1.807) is 0 Å². The van der Waals surface area contributed by atoms with E-state index in [4.69, 9.17) is 0 Å². The predicted molar refractivity (Wildman–Crippen MR) is 67.4 cm³/mol. The molecule has 1 amide bonds. The summed E-state index contributed by atoms with van der Waals surface area (Å²) in [6, 6.07) is 0. The molecule has 0 N–H and O–H groups in total. The monoisotopic (exact) mass is 226 g/mol. The SMILES string of the molecule is CC.CCN1CCC2(CC1)CCN(C)C2=O. The number of carbonyl (C=O) groups is 1. The molecule has 1 spiro atoms. The van der Waals surface area contributed by atoms with Crippen LogP contribution in [0.15, 0.2) is 0 Å². The van der Waals surface area contributed by atoms with Crippen LogP contribution in [0.4, 0.5) is 0 Å². The normalized spacial score (nSPS) is 24.5. The summed E-state index contributed by atoms with van der Waals surface area (Å²) in [4.78, 5) is 16.3. The summed E-state index contributed by atoms with van der Waals surface area (Å²) in [6.45, 7) is 10.5. The van der Waals surface area contributed by atoms with Gasteiger partial charge in [0, 0.05) is 13.6 Å². The Balaban J connectivity index is 0.000000606. The highest BCUT2D eigenvalue weighted by atomic mass is 16.2. The number of rotatable bonds is 1. The fourth-order valence-electron chi connectivity index (χ4n) is 2.76. The molecule has 2 rings (SSSR count). The van der Waals surface area contributed by atoms with Gasteiger partial charge in [-0.05, 0) is 38.9 Å². The van der Waals surface area contributed by atoms with Crippen LogP contribution in [0.2, 0.25) is 0 Å². The maximum absolute atomic E-state index is 12.0. The first kappa shape index (κ1) is 13.5. The second-order valence-electron chi connectivity index (χ2n) is 4.69. The molecule has 2 aliphatic rings. The Labute approximate surface area is 99.8 Å². The van der Waals surface area contributed by atoms with Gasteiger partial charge in [0.2, 0.25) is 5.91 Å². The fourth-order valence-corrected chi connectivity index (χ4v) is 2.76. The minimum absolute atomic E-state index is 0.0282. The lowest BCUT2D eigenvalue weighted by atomic mass is 9.77. The molecule has 0 bridgehead atoms. The van der Waals surface area contributed by atoms with E-state index in [1.165, 1.54) is 0 Å². The van der Waals surface area contributed by atoms with Gasteiger partial charge in [0.1, 0.15) is 0 Å². The van der Waals surface area contributed by atoms with E-state index in [1.807, 2.05) is 25.8 Å². The Kier molecular flexibility index (Phi) is 4.78. The van der Waals surface area contributed by atoms with Gasteiger partial charge in [-0.1, -0.05) is 20.8 Å². The van der Waals surface area contributed by atoms with E-state index < -0.39 is 0 Å². The summed E-state index contributed by atoms with van der Waals surface area (Å²) in [7, 11) is 1.93. The summed E-state index contributed by atoms with van der Waals surface area (Å²) >= 11 is 0. The van der Waals surface area contributed by atoms with Gasteiger partial charge in [0.15, 0.2) is 0 Å². The van der Waals surface area contributed by atoms with E-state index in [9.17, 15) is 4.79 Å². The lowest BCUT2D eigenvalue weighted by Crippen LogP contribution is -2.43. The van der Waals surface area contributed by atoms with Gasteiger partial charge in [0.05, 0.1) is 5.41 Å². The molecule has 2 heterocycles. The van der Waals surface area contributed by atoms with Crippen molar-refractivity contribution in [1.82, 2.24) is 9.80 Å². The number of amides is 1. The number of nitrogens with zero attached hydrogens (tertiary/aromatic N) is 2. The van der Waals surface area contributed by atoms with Crippen molar-refractivity contribution in [2.75, 3.05) is 33.2 Å². The van der Waals surface area contributed by atoms with Gasteiger partial charge < -0.3 is 9.80 Å². The summed E-state index contributed by atoms with van der Waals surface area (Å²) in [5.74, 6) is 0.397. The van der Waals surface area contributed by atoms with Gasteiger partial charge in [-0.15, -0.1) is 0 Å². The van der Waals surface area contributed by atoms with Crippen LogP contribution in [-0.4, -0.2) is 48.9 Å². The first-order valence-corrected chi connectivity index (χ1v) is 6.66. The number of likely N-dealkylation sites (tertiary alicyclic amines) is 2. The number of hydrogen-bond acceptors (Lipinski definition) is 2. The Morgan fingerprint density at radius 3 is 2.00 bits per heavy atom. The predicted octanol–water partition coefficient (Wildman–Crippen LogP) is 1.98. The third kappa shape index (κ3) is 2.40. The summed E-state index contributed by atoms with van der Waals surface area (Å²) in [5, 5.41) is 0. The zero-order valence-corrected chi connectivity index (χ0v) is 11.3. The van der Waals surface area contributed by atoms with Gasteiger partial charge >= 0.3 is 0 Å². The Morgan fingerprint density at radius 2 is 1.62 bits per heavy atom. The number of hydrogen-bond donors (Lipinski definition) is 0.